The number of phenols is 1. The van der Waals surface area contributed by atoms with Crippen LogP contribution in [0.3, 0.4) is 0 Å². The molecular weight excluding hydrogens is 444 g/mol. The number of nitrogens with zero attached hydrogens (tertiary/aromatic N) is 7. The zero-order valence-electron chi connectivity index (χ0n) is 18.9. The van der Waals surface area contributed by atoms with Crippen molar-refractivity contribution in [3.8, 4) is 11.7 Å². The number of nitrogens with one attached hydrogen (secondary N) is 1. The van der Waals surface area contributed by atoms with Crippen LogP contribution in [-0.2, 0) is 0 Å². The van der Waals surface area contributed by atoms with Crippen LogP contribution in [0.5, 0.6) is 5.75 Å². The molecule has 0 radical (unpaired) electrons. The zero-order chi connectivity index (χ0) is 24.4. The van der Waals surface area contributed by atoms with Crippen LogP contribution in [0.25, 0.3) is 16.7 Å². The van der Waals surface area contributed by atoms with Crippen LogP contribution in [0.15, 0.2) is 83.3 Å². The number of aromatic nitrogens is 5. The first-order valence-electron chi connectivity index (χ1n) is 10.7. The van der Waals surface area contributed by atoms with Gasteiger partial charge in [0, 0.05) is 18.1 Å². The largest absolute Gasteiger partial charge is 0.505 e. The summed E-state index contributed by atoms with van der Waals surface area (Å²) in [5.41, 5.74) is 1.89. The molecule has 0 unspecified atom stereocenters. The number of aryl methyl sites for hydroxylation is 2. The van der Waals surface area contributed by atoms with Crippen LogP contribution >= 0.6 is 0 Å². The van der Waals surface area contributed by atoms with Crippen LogP contribution in [0.4, 0.5) is 17.3 Å². The monoisotopic (exact) mass is 464 g/mol. The van der Waals surface area contributed by atoms with E-state index in [1.807, 2.05) is 31.2 Å². The molecule has 0 spiro atoms. The molecule has 2 aromatic heterocycles. The Morgan fingerprint density at radius 3 is 2.49 bits per heavy atom. The van der Waals surface area contributed by atoms with E-state index in [0.29, 0.717) is 16.9 Å². The maximum atomic E-state index is 13.2. The van der Waals surface area contributed by atoms with Crippen molar-refractivity contribution in [3.05, 3.63) is 90.0 Å². The SMILES string of the molecule is Cc1ccc(NC(=O)c2c(O)c(/N=N/c3nc(C)nn3-c3ncccn3)cc3ccccc23)cc1. The van der Waals surface area contributed by atoms with E-state index in [1.165, 1.54) is 4.68 Å². The predicted molar refractivity (Wildman–Crippen MR) is 131 cm³/mol. The van der Waals surface area contributed by atoms with Gasteiger partial charge in [-0.25, -0.2) is 9.97 Å². The average molecular weight is 464 g/mol. The number of carbonyl (C=O) groups is 1. The smallest absolute Gasteiger partial charge is 0.275 e. The number of hydrogen-bond acceptors (Lipinski definition) is 8. The zero-order valence-corrected chi connectivity index (χ0v) is 18.9. The molecule has 35 heavy (non-hydrogen) atoms. The Hall–Kier alpha value is -4.99. The van der Waals surface area contributed by atoms with Gasteiger partial charge in [-0.2, -0.15) is 9.67 Å². The number of carbonyl (C=O) groups excluding carboxylic acids is 1. The van der Waals surface area contributed by atoms with E-state index >= 15 is 0 Å². The Morgan fingerprint density at radius 1 is 0.971 bits per heavy atom. The van der Waals surface area contributed by atoms with Crippen molar-refractivity contribution < 1.29 is 9.90 Å². The second-order valence-corrected chi connectivity index (χ2v) is 7.78. The molecule has 0 atom stereocenters. The lowest BCUT2D eigenvalue weighted by Gasteiger charge is -2.12. The highest BCUT2D eigenvalue weighted by molar-refractivity contribution is 6.16. The summed E-state index contributed by atoms with van der Waals surface area (Å²) in [5.74, 6) is 0.106. The van der Waals surface area contributed by atoms with Crippen molar-refractivity contribution in [2.75, 3.05) is 5.32 Å². The highest BCUT2D eigenvalue weighted by Gasteiger charge is 2.20. The van der Waals surface area contributed by atoms with Crippen molar-refractivity contribution >= 4 is 34.0 Å². The first-order valence-corrected chi connectivity index (χ1v) is 10.7. The van der Waals surface area contributed by atoms with Gasteiger partial charge in [-0.3, -0.25) is 4.79 Å². The molecule has 5 rings (SSSR count). The normalized spacial score (nSPS) is 11.3. The van der Waals surface area contributed by atoms with Crippen LogP contribution in [0.1, 0.15) is 21.7 Å². The number of amides is 1. The molecule has 172 valence electrons. The van der Waals surface area contributed by atoms with E-state index < -0.39 is 5.91 Å². The lowest BCUT2D eigenvalue weighted by Crippen LogP contribution is -2.12. The van der Waals surface area contributed by atoms with E-state index in [2.05, 4.69) is 35.6 Å². The van der Waals surface area contributed by atoms with Gasteiger partial charge in [-0.15, -0.1) is 15.3 Å². The maximum absolute atomic E-state index is 13.2. The molecule has 2 N–H and O–H groups in total. The molecule has 0 fully saturated rings. The molecule has 0 aliphatic rings. The van der Waals surface area contributed by atoms with Crippen molar-refractivity contribution in [3.63, 3.8) is 0 Å². The van der Waals surface area contributed by atoms with E-state index in [9.17, 15) is 9.90 Å². The molecular formula is C25H20N8O2. The first kappa shape index (κ1) is 21.8. The summed E-state index contributed by atoms with van der Waals surface area (Å²) in [6.45, 7) is 3.67. The fourth-order valence-electron chi connectivity index (χ4n) is 3.56. The Kier molecular flexibility index (Phi) is 5.68. The quantitative estimate of drug-likeness (QED) is 0.344. The summed E-state index contributed by atoms with van der Waals surface area (Å²) >= 11 is 0. The molecule has 0 saturated heterocycles. The predicted octanol–water partition coefficient (Wildman–Crippen LogP) is 5.20. The minimum absolute atomic E-state index is 0.0988. The fraction of sp³-hybridized carbons (Fsp3) is 0.0800. The summed E-state index contributed by atoms with van der Waals surface area (Å²) in [4.78, 5) is 25.8. The van der Waals surface area contributed by atoms with Crippen molar-refractivity contribution in [2.45, 2.75) is 13.8 Å². The minimum Gasteiger partial charge on any atom is -0.505 e. The van der Waals surface area contributed by atoms with Crippen LogP contribution in [0, 0.1) is 13.8 Å². The second-order valence-electron chi connectivity index (χ2n) is 7.78. The topological polar surface area (TPSA) is 131 Å². The fourth-order valence-corrected chi connectivity index (χ4v) is 3.56. The molecule has 10 nitrogen and oxygen atoms in total. The number of fused-ring (bicyclic) bond motifs is 1. The van der Waals surface area contributed by atoms with Gasteiger partial charge in [0.25, 0.3) is 17.8 Å². The Morgan fingerprint density at radius 2 is 1.71 bits per heavy atom. The minimum atomic E-state index is -0.462. The maximum Gasteiger partial charge on any atom is 0.275 e. The number of aromatic hydroxyl groups is 1. The van der Waals surface area contributed by atoms with E-state index in [4.69, 9.17) is 0 Å². The molecule has 3 aromatic carbocycles. The van der Waals surface area contributed by atoms with Gasteiger partial charge >= 0.3 is 0 Å². The third kappa shape index (κ3) is 4.44. The first-order chi connectivity index (χ1) is 17.0. The average Bonchev–Trinajstić information content (AvgIpc) is 3.25. The lowest BCUT2D eigenvalue weighted by atomic mass is 10.0. The molecule has 0 aliphatic carbocycles. The van der Waals surface area contributed by atoms with E-state index in [-0.39, 0.29) is 28.9 Å². The second kappa shape index (κ2) is 9.10. The lowest BCUT2D eigenvalue weighted by molar-refractivity contribution is 0.102. The number of phenolic OH excluding ortho intramolecular Hbond substituents is 1. The number of azo groups is 1. The van der Waals surface area contributed by atoms with Crippen molar-refractivity contribution in [1.29, 1.82) is 0 Å². The Bertz CT molecular complexity index is 1560. The van der Waals surface area contributed by atoms with E-state index in [0.717, 1.165) is 10.9 Å². The van der Waals surface area contributed by atoms with Gasteiger partial charge in [0.1, 0.15) is 5.69 Å². The molecule has 0 saturated carbocycles. The van der Waals surface area contributed by atoms with Crippen molar-refractivity contribution in [1.82, 2.24) is 24.7 Å². The number of rotatable bonds is 5. The van der Waals surface area contributed by atoms with Gasteiger partial charge < -0.3 is 10.4 Å². The molecule has 2 heterocycles. The number of benzene rings is 3. The van der Waals surface area contributed by atoms with Gasteiger partial charge in [-0.1, -0.05) is 42.0 Å². The number of anilines is 1. The molecule has 0 bridgehead atoms. The van der Waals surface area contributed by atoms with E-state index in [1.54, 1.807) is 55.7 Å². The standard InChI is InChI=1S/C25H20N8O2/c1-15-8-10-18(11-9-15)29-23(35)21-19-7-4-3-6-17(19)14-20(22(21)34)30-31-25-28-16(2)32-33(25)24-26-12-5-13-27-24/h3-14,34H,1-2H3,(H,29,35)/b31-30+. The van der Waals surface area contributed by atoms with Gasteiger partial charge in [0.2, 0.25) is 0 Å². The molecule has 10 heteroatoms. The van der Waals surface area contributed by atoms with Gasteiger partial charge in [0.15, 0.2) is 11.6 Å². The van der Waals surface area contributed by atoms with Gasteiger partial charge in [0.05, 0.1) is 5.56 Å². The molecule has 1 amide bonds. The highest BCUT2D eigenvalue weighted by atomic mass is 16.3. The summed E-state index contributed by atoms with van der Waals surface area (Å²) in [5, 5.41) is 27.9. The molecule has 0 aliphatic heterocycles. The summed E-state index contributed by atoms with van der Waals surface area (Å²) < 4.78 is 1.35. The van der Waals surface area contributed by atoms with Crippen LogP contribution < -0.4 is 5.32 Å². The Labute approximate surface area is 200 Å². The number of hydrogen-bond donors (Lipinski definition) is 2. The molecule has 5 aromatic rings. The van der Waals surface area contributed by atoms with Crippen LogP contribution in [0.2, 0.25) is 0 Å². The van der Waals surface area contributed by atoms with Crippen molar-refractivity contribution in [2.24, 2.45) is 10.2 Å². The third-order valence-corrected chi connectivity index (χ3v) is 5.22. The van der Waals surface area contributed by atoms with Crippen LogP contribution in [-0.4, -0.2) is 35.7 Å². The highest BCUT2D eigenvalue weighted by Crippen LogP contribution is 2.38. The summed E-state index contributed by atoms with van der Waals surface area (Å²) in [6.07, 6.45) is 3.16. The van der Waals surface area contributed by atoms with Gasteiger partial charge in [-0.05, 0) is 48.9 Å². The summed E-state index contributed by atoms with van der Waals surface area (Å²) in [6, 6.07) is 18.0. The summed E-state index contributed by atoms with van der Waals surface area (Å²) in [7, 11) is 0. The third-order valence-electron chi connectivity index (χ3n) is 5.22. The Balaban J connectivity index is 1.56.